The van der Waals surface area contributed by atoms with Gasteiger partial charge in [0.2, 0.25) is 0 Å². The molecule has 0 bridgehead atoms. The quantitative estimate of drug-likeness (QED) is 0.737. The van der Waals surface area contributed by atoms with Crippen molar-refractivity contribution in [2.24, 2.45) is 0 Å². The first kappa shape index (κ1) is 16.6. The Morgan fingerprint density at radius 1 is 1.04 bits per heavy atom. The highest BCUT2D eigenvalue weighted by Crippen LogP contribution is 2.36. The second-order valence-electron chi connectivity index (χ2n) is 6.39. The van der Waals surface area contributed by atoms with E-state index in [0.717, 1.165) is 30.6 Å². The maximum Gasteiger partial charge on any atom is 0.302 e. The van der Waals surface area contributed by atoms with Gasteiger partial charge >= 0.3 is 5.97 Å². The van der Waals surface area contributed by atoms with Gasteiger partial charge < -0.3 is 9.47 Å². The second kappa shape index (κ2) is 8.00. The fourth-order valence-corrected chi connectivity index (χ4v) is 3.41. The average molecular weight is 324 g/mol. The van der Waals surface area contributed by atoms with E-state index in [1.54, 1.807) is 0 Å². The summed E-state index contributed by atoms with van der Waals surface area (Å²) in [7, 11) is 0. The lowest BCUT2D eigenvalue weighted by Crippen LogP contribution is -2.27. The lowest BCUT2D eigenvalue weighted by Gasteiger charge is -2.31. The minimum absolute atomic E-state index is 0.0133. The van der Waals surface area contributed by atoms with Gasteiger partial charge in [0.15, 0.2) is 0 Å². The molecular formula is C21H24O3. The Kier molecular flexibility index (Phi) is 5.52. The van der Waals surface area contributed by atoms with Crippen LogP contribution >= 0.6 is 0 Å². The number of carbonyl (C=O) groups is 1. The third kappa shape index (κ3) is 4.38. The van der Waals surface area contributed by atoms with Crippen LogP contribution in [0.1, 0.15) is 49.7 Å². The summed E-state index contributed by atoms with van der Waals surface area (Å²) in [5.41, 5.74) is 2.35. The highest BCUT2D eigenvalue weighted by Gasteiger charge is 2.29. The molecule has 0 radical (unpaired) electrons. The van der Waals surface area contributed by atoms with Crippen LogP contribution in [0, 0.1) is 0 Å². The van der Waals surface area contributed by atoms with Crippen molar-refractivity contribution in [1.82, 2.24) is 0 Å². The summed E-state index contributed by atoms with van der Waals surface area (Å²) < 4.78 is 11.5. The van der Waals surface area contributed by atoms with Gasteiger partial charge in [0.05, 0.1) is 0 Å². The Morgan fingerprint density at radius 2 is 1.83 bits per heavy atom. The van der Waals surface area contributed by atoms with E-state index in [2.05, 4.69) is 24.3 Å². The van der Waals surface area contributed by atoms with Crippen molar-refractivity contribution in [1.29, 1.82) is 0 Å². The summed E-state index contributed by atoms with van der Waals surface area (Å²) in [5, 5.41) is 0. The molecule has 0 spiro atoms. The molecule has 2 aromatic rings. The van der Waals surface area contributed by atoms with Crippen molar-refractivity contribution in [3.05, 3.63) is 65.7 Å². The number of esters is 1. The van der Waals surface area contributed by atoms with Gasteiger partial charge in [0, 0.05) is 12.8 Å². The smallest absolute Gasteiger partial charge is 0.302 e. The Bertz CT molecular complexity index is 666. The SMILES string of the molecule is CC(=O)O[C@H]1CCCC[C@@H]1c1cccc(OCc2ccccc2)c1. The van der Waals surface area contributed by atoms with Gasteiger partial charge in [-0.1, -0.05) is 48.9 Å². The van der Waals surface area contributed by atoms with Crippen molar-refractivity contribution in [2.75, 3.05) is 0 Å². The largest absolute Gasteiger partial charge is 0.489 e. The fraction of sp³-hybridized carbons (Fsp3) is 0.381. The molecule has 126 valence electrons. The second-order valence-corrected chi connectivity index (χ2v) is 6.39. The molecule has 2 atom stereocenters. The summed E-state index contributed by atoms with van der Waals surface area (Å²) in [6.45, 7) is 2.05. The van der Waals surface area contributed by atoms with E-state index >= 15 is 0 Å². The standard InChI is InChI=1S/C21H24O3/c1-16(22)24-21-13-6-5-12-20(21)18-10-7-11-19(14-18)23-15-17-8-3-2-4-9-17/h2-4,7-11,14,20-21H,5-6,12-13,15H2,1H3/t20-,21+/m1/s1. The van der Waals surface area contributed by atoms with Crippen molar-refractivity contribution in [2.45, 2.75) is 51.2 Å². The first-order valence-corrected chi connectivity index (χ1v) is 8.66. The van der Waals surface area contributed by atoms with Crippen LogP contribution in [0.2, 0.25) is 0 Å². The summed E-state index contributed by atoms with van der Waals surface area (Å²) >= 11 is 0. The van der Waals surface area contributed by atoms with E-state index in [9.17, 15) is 4.79 Å². The van der Waals surface area contributed by atoms with Crippen LogP contribution in [0.3, 0.4) is 0 Å². The van der Waals surface area contributed by atoms with Crippen molar-refractivity contribution < 1.29 is 14.3 Å². The third-order valence-corrected chi connectivity index (χ3v) is 4.55. The van der Waals surface area contributed by atoms with Crippen LogP contribution in [-0.4, -0.2) is 12.1 Å². The topological polar surface area (TPSA) is 35.5 Å². The predicted octanol–water partition coefficient (Wildman–Crippen LogP) is 4.85. The molecule has 24 heavy (non-hydrogen) atoms. The van der Waals surface area contributed by atoms with Crippen molar-refractivity contribution >= 4 is 5.97 Å². The molecule has 1 aliphatic rings. The normalized spacial score (nSPS) is 20.4. The first-order chi connectivity index (χ1) is 11.7. The van der Waals surface area contributed by atoms with Gasteiger partial charge in [-0.05, 0) is 42.5 Å². The van der Waals surface area contributed by atoms with E-state index < -0.39 is 0 Å². The van der Waals surface area contributed by atoms with Crippen molar-refractivity contribution in [3.63, 3.8) is 0 Å². The molecule has 0 saturated heterocycles. The van der Waals surface area contributed by atoms with Gasteiger partial charge in [-0.15, -0.1) is 0 Å². The van der Waals surface area contributed by atoms with Gasteiger partial charge in [0.1, 0.15) is 18.5 Å². The Labute approximate surface area is 143 Å². The molecule has 0 aromatic heterocycles. The van der Waals surface area contributed by atoms with Gasteiger partial charge in [0.25, 0.3) is 0 Å². The highest BCUT2D eigenvalue weighted by atomic mass is 16.5. The van der Waals surface area contributed by atoms with E-state index in [0.29, 0.717) is 6.61 Å². The Morgan fingerprint density at radius 3 is 2.62 bits per heavy atom. The summed E-state index contributed by atoms with van der Waals surface area (Å²) in [5.74, 6) is 0.940. The van der Waals surface area contributed by atoms with Crippen LogP contribution in [0.25, 0.3) is 0 Å². The fourth-order valence-electron chi connectivity index (χ4n) is 3.41. The van der Waals surface area contributed by atoms with Crippen LogP contribution in [0.5, 0.6) is 5.75 Å². The molecule has 3 nitrogen and oxygen atoms in total. The van der Waals surface area contributed by atoms with Gasteiger partial charge in [-0.3, -0.25) is 4.79 Å². The van der Waals surface area contributed by atoms with E-state index in [1.807, 2.05) is 30.3 Å². The van der Waals surface area contributed by atoms with Crippen molar-refractivity contribution in [3.8, 4) is 5.75 Å². The lowest BCUT2D eigenvalue weighted by molar-refractivity contribution is -0.148. The number of benzene rings is 2. The zero-order valence-corrected chi connectivity index (χ0v) is 14.1. The molecule has 0 N–H and O–H groups in total. The first-order valence-electron chi connectivity index (χ1n) is 8.66. The minimum Gasteiger partial charge on any atom is -0.489 e. The molecule has 3 rings (SSSR count). The Balaban J connectivity index is 1.70. The number of hydrogen-bond donors (Lipinski definition) is 0. The van der Waals surface area contributed by atoms with Crippen LogP contribution < -0.4 is 4.74 Å². The zero-order valence-electron chi connectivity index (χ0n) is 14.1. The summed E-state index contributed by atoms with van der Waals surface area (Å²) in [6, 6.07) is 18.4. The number of rotatable bonds is 5. The number of ether oxygens (including phenoxy) is 2. The maximum absolute atomic E-state index is 11.4. The molecule has 0 heterocycles. The summed E-state index contributed by atoms with van der Waals surface area (Å²) in [4.78, 5) is 11.4. The molecule has 0 unspecified atom stereocenters. The molecule has 2 aromatic carbocycles. The molecule has 0 aliphatic heterocycles. The predicted molar refractivity (Wildman–Crippen MR) is 94.0 cm³/mol. The molecule has 0 amide bonds. The molecule has 1 aliphatic carbocycles. The van der Waals surface area contributed by atoms with E-state index in [-0.39, 0.29) is 18.0 Å². The lowest BCUT2D eigenvalue weighted by atomic mass is 9.81. The van der Waals surface area contributed by atoms with Crippen LogP contribution in [-0.2, 0) is 16.1 Å². The Hall–Kier alpha value is -2.29. The van der Waals surface area contributed by atoms with Crippen LogP contribution in [0.15, 0.2) is 54.6 Å². The highest BCUT2D eigenvalue weighted by molar-refractivity contribution is 5.66. The average Bonchev–Trinajstić information content (AvgIpc) is 2.61. The maximum atomic E-state index is 11.4. The van der Waals surface area contributed by atoms with Gasteiger partial charge in [-0.25, -0.2) is 0 Å². The summed E-state index contributed by atoms with van der Waals surface area (Å²) in [6.07, 6.45) is 4.29. The molecular weight excluding hydrogens is 300 g/mol. The molecule has 3 heteroatoms. The van der Waals surface area contributed by atoms with E-state index in [1.165, 1.54) is 18.9 Å². The monoisotopic (exact) mass is 324 g/mol. The zero-order chi connectivity index (χ0) is 16.8. The third-order valence-electron chi connectivity index (χ3n) is 4.55. The van der Waals surface area contributed by atoms with Crippen LogP contribution in [0.4, 0.5) is 0 Å². The van der Waals surface area contributed by atoms with Gasteiger partial charge in [-0.2, -0.15) is 0 Å². The van der Waals surface area contributed by atoms with E-state index in [4.69, 9.17) is 9.47 Å². The molecule has 1 fully saturated rings. The molecule has 1 saturated carbocycles. The minimum atomic E-state index is -0.191. The number of carbonyl (C=O) groups excluding carboxylic acids is 1. The number of hydrogen-bond acceptors (Lipinski definition) is 3.